The highest BCUT2D eigenvalue weighted by molar-refractivity contribution is 9.10. The van der Waals surface area contributed by atoms with Crippen LogP contribution in [0.5, 0.6) is 0 Å². The molecule has 1 aromatic rings. The van der Waals surface area contributed by atoms with Crippen LogP contribution in [0.4, 0.5) is 10.1 Å². The van der Waals surface area contributed by atoms with Crippen LogP contribution in [0, 0.1) is 18.7 Å². The zero-order chi connectivity index (χ0) is 13.1. The van der Waals surface area contributed by atoms with Crippen LogP contribution in [0.15, 0.2) is 16.6 Å². The van der Waals surface area contributed by atoms with Gasteiger partial charge in [0.25, 0.3) is 0 Å². The van der Waals surface area contributed by atoms with Crippen molar-refractivity contribution in [2.75, 3.05) is 18.4 Å². The Bertz CT molecular complexity index is 459. The Morgan fingerprint density at radius 3 is 3.00 bits per heavy atom. The van der Waals surface area contributed by atoms with Crippen molar-refractivity contribution in [1.29, 1.82) is 0 Å². The minimum atomic E-state index is -0.363. The second kappa shape index (κ2) is 5.80. The van der Waals surface area contributed by atoms with Crippen LogP contribution in [-0.4, -0.2) is 19.0 Å². The lowest BCUT2D eigenvalue weighted by molar-refractivity contribution is -0.120. The maximum Gasteiger partial charge on any atom is 0.228 e. The summed E-state index contributed by atoms with van der Waals surface area (Å²) in [5, 5.41) is 6.00. The van der Waals surface area contributed by atoms with Crippen molar-refractivity contribution in [3.8, 4) is 0 Å². The smallest absolute Gasteiger partial charge is 0.228 e. The predicted molar refractivity (Wildman–Crippen MR) is 73.1 cm³/mol. The number of anilines is 1. The maximum absolute atomic E-state index is 13.4. The number of benzene rings is 1. The largest absolute Gasteiger partial charge is 0.325 e. The molecule has 0 spiro atoms. The van der Waals surface area contributed by atoms with Gasteiger partial charge in [-0.2, -0.15) is 0 Å². The van der Waals surface area contributed by atoms with E-state index in [4.69, 9.17) is 0 Å². The number of nitrogens with one attached hydrogen (secondary N) is 2. The fraction of sp³-hybridized carbons (Fsp3) is 0.462. The molecule has 1 aromatic carbocycles. The average molecular weight is 315 g/mol. The van der Waals surface area contributed by atoms with E-state index in [1.54, 1.807) is 6.07 Å². The molecule has 1 saturated heterocycles. The molecule has 2 N–H and O–H groups in total. The van der Waals surface area contributed by atoms with Crippen LogP contribution in [0.1, 0.15) is 18.4 Å². The first kappa shape index (κ1) is 13.5. The fourth-order valence-corrected chi connectivity index (χ4v) is 2.55. The Hall–Kier alpha value is -0.940. The van der Waals surface area contributed by atoms with Crippen molar-refractivity contribution < 1.29 is 9.18 Å². The van der Waals surface area contributed by atoms with Gasteiger partial charge in [0, 0.05) is 12.2 Å². The Morgan fingerprint density at radius 1 is 1.56 bits per heavy atom. The molecule has 1 atom stereocenters. The van der Waals surface area contributed by atoms with Gasteiger partial charge in [-0.15, -0.1) is 0 Å². The Morgan fingerprint density at radius 2 is 2.33 bits per heavy atom. The van der Waals surface area contributed by atoms with E-state index in [0.717, 1.165) is 24.9 Å². The summed E-state index contributed by atoms with van der Waals surface area (Å²) in [5.41, 5.74) is 1.40. The van der Waals surface area contributed by atoms with Crippen molar-refractivity contribution in [3.05, 3.63) is 28.0 Å². The minimum Gasteiger partial charge on any atom is -0.325 e. The molecule has 1 unspecified atom stereocenters. The van der Waals surface area contributed by atoms with Crippen LogP contribution in [-0.2, 0) is 4.79 Å². The van der Waals surface area contributed by atoms with E-state index in [-0.39, 0.29) is 17.6 Å². The molecule has 1 aliphatic rings. The molecule has 0 aliphatic carbocycles. The highest BCUT2D eigenvalue weighted by Crippen LogP contribution is 2.24. The van der Waals surface area contributed by atoms with E-state index >= 15 is 0 Å². The summed E-state index contributed by atoms with van der Waals surface area (Å²) in [4.78, 5) is 12.0. The number of carbonyl (C=O) groups is 1. The van der Waals surface area contributed by atoms with Crippen LogP contribution in [0.3, 0.4) is 0 Å². The lowest BCUT2D eigenvalue weighted by Gasteiger charge is -2.22. The summed E-state index contributed by atoms with van der Waals surface area (Å²) >= 11 is 3.13. The van der Waals surface area contributed by atoms with E-state index in [9.17, 15) is 9.18 Å². The van der Waals surface area contributed by atoms with Crippen molar-refractivity contribution >= 4 is 27.5 Å². The van der Waals surface area contributed by atoms with E-state index in [1.807, 2.05) is 6.92 Å². The van der Waals surface area contributed by atoms with E-state index in [0.29, 0.717) is 16.7 Å². The molecule has 0 saturated carbocycles. The van der Waals surface area contributed by atoms with Crippen LogP contribution >= 0.6 is 15.9 Å². The first-order valence-electron chi connectivity index (χ1n) is 6.05. The number of amides is 1. The summed E-state index contributed by atoms with van der Waals surface area (Å²) in [6, 6.07) is 3.03. The Labute approximate surface area is 114 Å². The number of aryl methyl sites for hydroxylation is 1. The lowest BCUT2D eigenvalue weighted by atomic mass is 9.98. The quantitative estimate of drug-likeness (QED) is 0.881. The highest BCUT2D eigenvalue weighted by Gasteiger charge is 2.21. The van der Waals surface area contributed by atoms with Gasteiger partial charge < -0.3 is 10.6 Å². The maximum atomic E-state index is 13.4. The second-order valence-corrected chi connectivity index (χ2v) is 5.47. The molecule has 0 bridgehead atoms. The number of carbonyl (C=O) groups excluding carboxylic acids is 1. The molecule has 2 rings (SSSR count). The van der Waals surface area contributed by atoms with Crippen molar-refractivity contribution in [3.63, 3.8) is 0 Å². The SMILES string of the molecule is Cc1cc(Br)c(F)cc1NC(=O)C1CCCNC1. The molecule has 0 aromatic heterocycles. The lowest BCUT2D eigenvalue weighted by Crippen LogP contribution is -2.37. The monoisotopic (exact) mass is 314 g/mol. The molecular weight excluding hydrogens is 299 g/mol. The summed E-state index contributed by atoms with van der Waals surface area (Å²) in [6.07, 6.45) is 1.89. The third kappa shape index (κ3) is 3.09. The van der Waals surface area contributed by atoms with Gasteiger partial charge in [0.15, 0.2) is 0 Å². The number of hydrogen-bond donors (Lipinski definition) is 2. The summed E-state index contributed by atoms with van der Waals surface area (Å²) in [6.45, 7) is 3.51. The molecule has 98 valence electrons. The molecule has 18 heavy (non-hydrogen) atoms. The normalized spacial score (nSPS) is 19.6. The molecular formula is C13H16BrFN2O. The van der Waals surface area contributed by atoms with Gasteiger partial charge in [-0.3, -0.25) is 4.79 Å². The van der Waals surface area contributed by atoms with Crippen LogP contribution < -0.4 is 10.6 Å². The van der Waals surface area contributed by atoms with Gasteiger partial charge in [-0.1, -0.05) is 0 Å². The van der Waals surface area contributed by atoms with E-state index in [2.05, 4.69) is 26.6 Å². The number of hydrogen-bond acceptors (Lipinski definition) is 2. The fourth-order valence-electron chi connectivity index (χ4n) is 2.09. The predicted octanol–water partition coefficient (Wildman–Crippen LogP) is 2.83. The van der Waals surface area contributed by atoms with Gasteiger partial charge in [0.1, 0.15) is 5.82 Å². The minimum absolute atomic E-state index is 0.0233. The topological polar surface area (TPSA) is 41.1 Å². The molecule has 1 amide bonds. The summed E-state index contributed by atoms with van der Waals surface area (Å²) in [5.74, 6) is -0.422. The van der Waals surface area contributed by atoms with Crippen LogP contribution in [0.25, 0.3) is 0 Å². The second-order valence-electron chi connectivity index (χ2n) is 4.61. The van der Waals surface area contributed by atoms with Gasteiger partial charge in [0.2, 0.25) is 5.91 Å². The third-order valence-electron chi connectivity index (χ3n) is 3.19. The van der Waals surface area contributed by atoms with Crippen molar-refractivity contribution in [1.82, 2.24) is 5.32 Å². The van der Waals surface area contributed by atoms with Gasteiger partial charge in [-0.05, 0) is 59.9 Å². The van der Waals surface area contributed by atoms with Gasteiger partial charge in [0.05, 0.1) is 10.4 Å². The van der Waals surface area contributed by atoms with E-state index < -0.39 is 0 Å². The molecule has 1 heterocycles. The molecule has 1 aliphatic heterocycles. The number of rotatable bonds is 2. The highest BCUT2D eigenvalue weighted by atomic mass is 79.9. The van der Waals surface area contributed by atoms with Crippen molar-refractivity contribution in [2.24, 2.45) is 5.92 Å². The molecule has 3 nitrogen and oxygen atoms in total. The number of halogens is 2. The molecule has 0 radical (unpaired) electrons. The van der Waals surface area contributed by atoms with E-state index in [1.165, 1.54) is 6.07 Å². The molecule has 1 fully saturated rings. The summed E-state index contributed by atoms with van der Waals surface area (Å²) in [7, 11) is 0. The van der Waals surface area contributed by atoms with Gasteiger partial charge in [-0.25, -0.2) is 4.39 Å². The number of piperidine rings is 1. The standard InChI is InChI=1S/C13H16BrFN2O/c1-8-5-10(14)11(15)6-12(8)17-13(18)9-3-2-4-16-7-9/h5-6,9,16H,2-4,7H2,1H3,(H,17,18). The zero-order valence-electron chi connectivity index (χ0n) is 10.2. The first-order chi connectivity index (χ1) is 8.58. The molecule has 5 heteroatoms. The van der Waals surface area contributed by atoms with Crippen molar-refractivity contribution in [2.45, 2.75) is 19.8 Å². The zero-order valence-corrected chi connectivity index (χ0v) is 11.8. The first-order valence-corrected chi connectivity index (χ1v) is 6.84. The van der Waals surface area contributed by atoms with Gasteiger partial charge >= 0.3 is 0 Å². The third-order valence-corrected chi connectivity index (χ3v) is 3.80. The average Bonchev–Trinajstić information content (AvgIpc) is 2.37. The summed E-state index contributed by atoms with van der Waals surface area (Å²) < 4.78 is 13.9. The Balaban J connectivity index is 2.08. The Kier molecular flexibility index (Phi) is 4.35. The van der Waals surface area contributed by atoms with Crippen LogP contribution in [0.2, 0.25) is 0 Å².